The van der Waals surface area contributed by atoms with Crippen molar-refractivity contribution in [1.29, 1.82) is 0 Å². The minimum atomic E-state index is -0.653. The van der Waals surface area contributed by atoms with Gasteiger partial charge in [-0.2, -0.15) is 0 Å². The summed E-state index contributed by atoms with van der Waals surface area (Å²) in [4.78, 5) is 2.46. The van der Waals surface area contributed by atoms with Crippen molar-refractivity contribution >= 4 is 60.5 Å². The predicted octanol–water partition coefficient (Wildman–Crippen LogP) is 13.7. The molecule has 11 rings (SSSR count). The van der Waals surface area contributed by atoms with Crippen LogP contribution in [0.2, 0.25) is 0 Å². The molecule has 53 heavy (non-hydrogen) atoms. The van der Waals surface area contributed by atoms with E-state index < -0.39 is 5.41 Å². The predicted molar refractivity (Wildman–Crippen MR) is 221 cm³/mol. The summed E-state index contributed by atoms with van der Waals surface area (Å²) >= 11 is 0. The van der Waals surface area contributed by atoms with Gasteiger partial charge in [-0.15, -0.1) is 0 Å². The monoisotopic (exact) mass is 675 g/mol. The average molecular weight is 676 g/mol. The molecule has 0 bridgehead atoms. The van der Waals surface area contributed by atoms with Gasteiger partial charge in [0, 0.05) is 32.8 Å². The molecule has 0 aliphatic heterocycles. The minimum Gasteiger partial charge on any atom is -0.456 e. The van der Waals surface area contributed by atoms with Crippen LogP contribution in [-0.2, 0) is 5.41 Å². The zero-order valence-corrected chi connectivity index (χ0v) is 28.9. The Morgan fingerprint density at radius 1 is 0.377 bits per heavy atom. The number of nitrogens with zero attached hydrogens (tertiary/aromatic N) is 1. The highest BCUT2D eigenvalue weighted by Crippen LogP contribution is 2.59. The maximum Gasteiger partial charge on any atom is 0.140 e. The first-order valence-corrected chi connectivity index (χ1v) is 18.3. The van der Waals surface area contributed by atoms with Crippen molar-refractivity contribution in [2.75, 3.05) is 4.90 Å². The molecule has 2 heteroatoms. The van der Waals surface area contributed by atoms with Gasteiger partial charge in [0.25, 0.3) is 0 Å². The zero-order valence-electron chi connectivity index (χ0n) is 28.9. The molecule has 9 aromatic carbocycles. The van der Waals surface area contributed by atoms with E-state index in [2.05, 4.69) is 205 Å². The van der Waals surface area contributed by atoms with Crippen molar-refractivity contribution in [3.05, 3.63) is 222 Å². The van der Waals surface area contributed by atoms with Gasteiger partial charge >= 0.3 is 0 Å². The number of anilines is 3. The summed E-state index contributed by atoms with van der Waals surface area (Å²) in [5.41, 5.74) is 11.9. The normalized spacial score (nSPS) is 14.9. The summed E-state index contributed by atoms with van der Waals surface area (Å²) in [6.45, 7) is 0. The maximum atomic E-state index is 6.87. The SMILES string of the molecule is c1ccc(C2(c3cccc4c3oc3ccccc34)c3ccccc3-c3ccc(N(c4cccc5ccccc45)c4cccc5ccccc45)cc32)cc1. The molecule has 1 aromatic heterocycles. The molecule has 2 nitrogen and oxygen atoms in total. The third kappa shape index (κ3) is 4.27. The fourth-order valence-corrected chi connectivity index (χ4v) is 9.11. The number of hydrogen-bond donors (Lipinski definition) is 0. The summed E-state index contributed by atoms with van der Waals surface area (Å²) in [6.07, 6.45) is 0. The lowest BCUT2D eigenvalue weighted by Gasteiger charge is -2.35. The topological polar surface area (TPSA) is 16.4 Å². The second-order valence-corrected chi connectivity index (χ2v) is 14.0. The third-order valence-electron chi connectivity index (χ3n) is 11.3. The van der Waals surface area contributed by atoms with Crippen molar-refractivity contribution in [3.8, 4) is 11.1 Å². The molecule has 1 heterocycles. The number of hydrogen-bond acceptors (Lipinski definition) is 2. The van der Waals surface area contributed by atoms with Crippen molar-refractivity contribution < 1.29 is 4.42 Å². The van der Waals surface area contributed by atoms with Crippen LogP contribution in [0, 0.1) is 0 Å². The van der Waals surface area contributed by atoms with E-state index in [0.29, 0.717) is 0 Å². The first-order chi connectivity index (χ1) is 26.3. The number of fused-ring (bicyclic) bond motifs is 8. The van der Waals surface area contributed by atoms with Crippen molar-refractivity contribution in [3.63, 3.8) is 0 Å². The largest absolute Gasteiger partial charge is 0.456 e. The van der Waals surface area contributed by atoms with Gasteiger partial charge in [-0.1, -0.05) is 170 Å². The lowest BCUT2D eigenvalue weighted by Crippen LogP contribution is -2.29. The van der Waals surface area contributed by atoms with E-state index in [4.69, 9.17) is 4.42 Å². The fourth-order valence-electron chi connectivity index (χ4n) is 9.11. The van der Waals surface area contributed by atoms with E-state index in [0.717, 1.165) is 44.6 Å². The molecule has 0 fully saturated rings. The smallest absolute Gasteiger partial charge is 0.140 e. The molecule has 10 aromatic rings. The fraction of sp³-hybridized carbons (Fsp3) is 0.0196. The molecular weight excluding hydrogens is 643 g/mol. The molecule has 1 unspecified atom stereocenters. The first-order valence-electron chi connectivity index (χ1n) is 18.3. The number of rotatable bonds is 5. The Bertz CT molecular complexity index is 2940. The van der Waals surface area contributed by atoms with Crippen LogP contribution in [0.3, 0.4) is 0 Å². The third-order valence-corrected chi connectivity index (χ3v) is 11.3. The molecule has 0 amide bonds. The van der Waals surface area contributed by atoms with Gasteiger partial charge in [-0.3, -0.25) is 0 Å². The molecule has 0 spiro atoms. The first kappa shape index (κ1) is 29.8. The number of benzene rings is 9. The summed E-state index contributed by atoms with van der Waals surface area (Å²) in [6, 6.07) is 72.8. The highest BCUT2D eigenvalue weighted by atomic mass is 16.3. The molecule has 1 aliphatic carbocycles. The van der Waals surface area contributed by atoms with Crippen LogP contribution in [-0.4, -0.2) is 0 Å². The van der Waals surface area contributed by atoms with Gasteiger partial charge < -0.3 is 9.32 Å². The zero-order chi connectivity index (χ0) is 34.9. The minimum absolute atomic E-state index is 0.653. The lowest BCUT2D eigenvalue weighted by atomic mass is 9.67. The summed E-state index contributed by atoms with van der Waals surface area (Å²) < 4.78 is 6.87. The Kier molecular flexibility index (Phi) is 6.50. The Labute approximate surface area is 307 Å². The van der Waals surface area contributed by atoms with Crippen molar-refractivity contribution in [2.45, 2.75) is 5.41 Å². The molecular formula is C51H33NO. The van der Waals surface area contributed by atoms with Gasteiger partial charge in [0.2, 0.25) is 0 Å². The van der Waals surface area contributed by atoms with Crippen LogP contribution in [0.25, 0.3) is 54.6 Å². The second kappa shape index (κ2) is 11.6. The van der Waals surface area contributed by atoms with Gasteiger partial charge in [0.15, 0.2) is 0 Å². The van der Waals surface area contributed by atoms with E-state index in [1.807, 2.05) is 0 Å². The van der Waals surface area contributed by atoms with Crippen LogP contribution in [0.5, 0.6) is 0 Å². The standard InChI is InChI=1S/C51H33NO/c1-2-19-36(20-3-1)51(45-27-14-25-43-42-24-9-11-30-49(42)53-50(43)45)44-26-10-8-23-40(44)41-32-31-37(33-46(41)51)52(47-28-12-17-34-15-4-6-21-38(34)47)48-29-13-18-35-16-5-7-22-39(35)48/h1-33H. The maximum absolute atomic E-state index is 6.87. The summed E-state index contributed by atoms with van der Waals surface area (Å²) in [5, 5.41) is 7.08. The molecule has 1 atom stereocenters. The van der Waals surface area contributed by atoms with E-state index >= 15 is 0 Å². The van der Waals surface area contributed by atoms with Crippen molar-refractivity contribution in [2.24, 2.45) is 0 Å². The molecule has 248 valence electrons. The number of para-hydroxylation sites is 2. The molecule has 0 radical (unpaired) electrons. The summed E-state index contributed by atoms with van der Waals surface area (Å²) in [5.74, 6) is 0. The van der Waals surface area contributed by atoms with Gasteiger partial charge in [0.05, 0.1) is 16.8 Å². The Morgan fingerprint density at radius 2 is 0.925 bits per heavy atom. The average Bonchev–Trinajstić information content (AvgIpc) is 3.75. The Morgan fingerprint density at radius 3 is 1.68 bits per heavy atom. The highest BCUT2D eigenvalue weighted by Gasteiger charge is 2.48. The van der Waals surface area contributed by atoms with Gasteiger partial charge in [0.1, 0.15) is 11.2 Å². The lowest BCUT2D eigenvalue weighted by molar-refractivity contribution is 0.648. The highest BCUT2D eigenvalue weighted by molar-refractivity contribution is 6.08. The van der Waals surface area contributed by atoms with Crippen LogP contribution in [0.15, 0.2) is 205 Å². The van der Waals surface area contributed by atoms with E-state index in [1.165, 1.54) is 49.4 Å². The van der Waals surface area contributed by atoms with E-state index in [1.54, 1.807) is 0 Å². The van der Waals surface area contributed by atoms with Crippen molar-refractivity contribution in [1.82, 2.24) is 0 Å². The van der Waals surface area contributed by atoms with Crippen LogP contribution in [0.4, 0.5) is 17.1 Å². The molecule has 0 saturated carbocycles. The summed E-state index contributed by atoms with van der Waals surface area (Å²) in [7, 11) is 0. The quantitative estimate of drug-likeness (QED) is 0.181. The van der Waals surface area contributed by atoms with E-state index in [-0.39, 0.29) is 0 Å². The molecule has 1 aliphatic rings. The Balaban J connectivity index is 1.27. The number of furan rings is 1. The Hall–Kier alpha value is -6.90. The van der Waals surface area contributed by atoms with Crippen LogP contribution >= 0.6 is 0 Å². The second-order valence-electron chi connectivity index (χ2n) is 14.0. The van der Waals surface area contributed by atoms with Gasteiger partial charge in [-0.25, -0.2) is 0 Å². The van der Waals surface area contributed by atoms with Gasteiger partial charge in [-0.05, 0) is 68.9 Å². The van der Waals surface area contributed by atoms with Crippen LogP contribution < -0.4 is 4.90 Å². The molecule has 0 N–H and O–H groups in total. The van der Waals surface area contributed by atoms with E-state index in [9.17, 15) is 0 Å². The van der Waals surface area contributed by atoms with Crippen LogP contribution in [0.1, 0.15) is 22.3 Å². The molecule has 0 saturated heterocycles.